The molecule has 2 N–H and O–H groups in total. The Hall–Kier alpha value is -0.880. The molecular formula is C12H24N4OS. The highest BCUT2D eigenvalue weighted by atomic mass is 32.1. The first kappa shape index (κ1) is 15.2. The Morgan fingerprint density at radius 2 is 1.78 bits per heavy atom. The number of carbonyl (C=O) groups is 1. The maximum Gasteiger partial charge on any atom is 0.320 e. The maximum absolute atomic E-state index is 12.2. The zero-order valence-corrected chi connectivity index (χ0v) is 12.4. The van der Waals surface area contributed by atoms with Crippen LogP contribution < -0.4 is 5.73 Å². The molecular weight excluding hydrogens is 248 g/mol. The van der Waals surface area contributed by atoms with Crippen LogP contribution in [-0.4, -0.2) is 71.0 Å². The molecule has 1 fully saturated rings. The molecule has 1 saturated heterocycles. The molecule has 0 aliphatic carbocycles. The number of nitrogens with two attached hydrogens (primary N) is 1. The molecule has 104 valence electrons. The molecule has 5 nitrogen and oxygen atoms in total. The Bertz CT molecular complexity index is 298. The van der Waals surface area contributed by atoms with Crippen molar-refractivity contribution in [2.75, 3.05) is 39.3 Å². The van der Waals surface area contributed by atoms with Gasteiger partial charge in [0.25, 0.3) is 0 Å². The van der Waals surface area contributed by atoms with Gasteiger partial charge in [0.2, 0.25) is 0 Å². The highest BCUT2D eigenvalue weighted by Crippen LogP contribution is 2.09. The summed E-state index contributed by atoms with van der Waals surface area (Å²) in [6.45, 7) is 10.7. The van der Waals surface area contributed by atoms with Crippen LogP contribution in [0.1, 0.15) is 20.8 Å². The largest absolute Gasteiger partial charge is 0.392 e. The Morgan fingerprint density at radius 3 is 2.17 bits per heavy atom. The molecule has 1 aliphatic rings. The molecule has 0 saturated carbocycles. The van der Waals surface area contributed by atoms with Crippen LogP contribution in [0.4, 0.5) is 4.79 Å². The molecule has 0 aromatic carbocycles. The lowest BCUT2D eigenvalue weighted by Gasteiger charge is -2.39. The number of urea groups is 1. The Kier molecular flexibility index (Phi) is 5.81. The number of thiocarbonyl (C=S) groups is 1. The lowest BCUT2D eigenvalue weighted by atomic mass is 10.2. The number of rotatable bonds is 4. The first-order valence-corrected chi connectivity index (χ1v) is 6.99. The van der Waals surface area contributed by atoms with E-state index in [-0.39, 0.29) is 12.1 Å². The fourth-order valence-corrected chi connectivity index (χ4v) is 2.32. The summed E-state index contributed by atoms with van der Waals surface area (Å²) in [5.74, 6) is 0. The summed E-state index contributed by atoms with van der Waals surface area (Å²) in [7, 11) is 0. The minimum Gasteiger partial charge on any atom is -0.392 e. The van der Waals surface area contributed by atoms with Gasteiger partial charge in [0.1, 0.15) is 0 Å². The second-order valence-corrected chi connectivity index (χ2v) is 5.03. The van der Waals surface area contributed by atoms with E-state index in [0.717, 1.165) is 39.3 Å². The van der Waals surface area contributed by atoms with E-state index in [1.165, 1.54) is 0 Å². The molecule has 18 heavy (non-hydrogen) atoms. The minimum absolute atomic E-state index is 0.116. The van der Waals surface area contributed by atoms with Crippen LogP contribution in [0.2, 0.25) is 0 Å². The number of hydrogen-bond donors (Lipinski definition) is 1. The predicted octanol–water partition coefficient (Wildman–Crippen LogP) is 0.740. The van der Waals surface area contributed by atoms with Crippen molar-refractivity contribution in [1.82, 2.24) is 14.7 Å². The standard InChI is InChI=1S/C12H24N4OS/c1-4-14(5-2)12(17)16-8-6-15(7-9-16)10(3)11(13)18/h10H,4-9H2,1-3H3,(H2,13,18). The van der Waals surface area contributed by atoms with E-state index in [4.69, 9.17) is 18.0 Å². The molecule has 0 spiro atoms. The van der Waals surface area contributed by atoms with Gasteiger partial charge >= 0.3 is 6.03 Å². The van der Waals surface area contributed by atoms with E-state index in [9.17, 15) is 4.79 Å². The van der Waals surface area contributed by atoms with Crippen molar-refractivity contribution < 1.29 is 4.79 Å². The van der Waals surface area contributed by atoms with Gasteiger partial charge in [0, 0.05) is 39.3 Å². The third-order valence-corrected chi connectivity index (χ3v) is 3.92. The minimum atomic E-state index is 0.116. The zero-order chi connectivity index (χ0) is 13.7. The molecule has 1 heterocycles. The summed E-state index contributed by atoms with van der Waals surface area (Å²) in [6.07, 6.45) is 0. The molecule has 0 radical (unpaired) electrons. The van der Waals surface area contributed by atoms with Gasteiger partial charge in [-0.2, -0.15) is 0 Å². The molecule has 1 atom stereocenters. The second kappa shape index (κ2) is 6.89. The highest BCUT2D eigenvalue weighted by Gasteiger charge is 2.26. The predicted molar refractivity (Wildman–Crippen MR) is 77.7 cm³/mol. The third-order valence-electron chi connectivity index (χ3n) is 3.58. The Morgan fingerprint density at radius 1 is 1.28 bits per heavy atom. The Balaban J connectivity index is 2.48. The maximum atomic E-state index is 12.2. The monoisotopic (exact) mass is 272 g/mol. The van der Waals surface area contributed by atoms with Crippen LogP contribution in [0.3, 0.4) is 0 Å². The lowest BCUT2D eigenvalue weighted by molar-refractivity contribution is 0.110. The van der Waals surface area contributed by atoms with Crippen molar-refractivity contribution in [3.05, 3.63) is 0 Å². The first-order chi connectivity index (χ1) is 8.51. The summed E-state index contributed by atoms with van der Waals surface area (Å²) in [5, 5.41) is 0. The van der Waals surface area contributed by atoms with Gasteiger partial charge in [-0.1, -0.05) is 12.2 Å². The molecule has 0 aromatic rings. The van der Waals surface area contributed by atoms with E-state index >= 15 is 0 Å². The SMILES string of the molecule is CCN(CC)C(=O)N1CCN(C(C)C(N)=S)CC1. The zero-order valence-electron chi connectivity index (χ0n) is 11.6. The van der Waals surface area contributed by atoms with Crippen LogP contribution >= 0.6 is 12.2 Å². The average Bonchev–Trinajstić information content (AvgIpc) is 2.39. The van der Waals surface area contributed by atoms with Crippen LogP contribution in [0.15, 0.2) is 0 Å². The summed E-state index contributed by atoms with van der Waals surface area (Å²) in [4.78, 5) is 18.7. The fraction of sp³-hybridized carbons (Fsp3) is 0.833. The quantitative estimate of drug-likeness (QED) is 0.767. The van der Waals surface area contributed by atoms with E-state index < -0.39 is 0 Å². The molecule has 1 rings (SSSR count). The van der Waals surface area contributed by atoms with E-state index in [0.29, 0.717) is 4.99 Å². The topological polar surface area (TPSA) is 52.8 Å². The van der Waals surface area contributed by atoms with Crippen molar-refractivity contribution >= 4 is 23.2 Å². The van der Waals surface area contributed by atoms with Crippen LogP contribution in [0.25, 0.3) is 0 Å². The van der Waals surface area contributed by atoms with Gasteiger partial charge in [0.05, 0.1) is 11.0 Å². The van der Waals surface area contributed by atoms with Crippen molar-refractivity contribution in [3.63, 3.8) is 0 Å². The summed E-state index contributed by atoms with van der Waals surface area (Å²) < 4.78 is 0. The fourth-order valence-electron chi connectivity index (χ4n) is 2.17. The first-order valence-electron chi connectivity index (χ1n) is 6.58. The van der Waals surface area contributed by atoms with Crippen molar-refractivity contribution in [3.8, 4) is 0 Å². The van der Waals surface area contributed by atoms with Crippen molar-refractivity contribution in [2.24, 2.45) is 5.73 Å². The van der Waals surface area contributed by atoms with E-state index in [1.807, 2.05) is 30.6 Å². The van der Waals surface area contributed by atoms with E-state index in [2.05, 4.69) is 4.90 Å². The third kappa shape index (κ3) is 3.55. The molecule has 0 aromatic heterocycles. The van der Waals surface area contributed by atoms with Crippen LogP contribution in [0.5, 0.6) is 0 Å². The highest BCUT2D eigenvalue weighted by molar-refractivity contribution is 7.80. The molecule has 0 bridgehead atoms. The average molecular weight is 272 g/mol. The lowest BCUT2D eigenvalue weighted by Crippen LogP contribution is -2.56. The summed E-state index contributed by atoms with van der Waals surface area (Å²) in [5.41, 5.74) is 5.65. The van der Waals surface area contributed by atoms with Gasteiger partial charge in [0.15, 0.2) is 0 Å². The van der Waals surface area contributed by atoms with Gasteiger partial charge in [-0.25, -0.2) is 4.79 Å². The molecule has 6 heteroatoms. The number of nitrogens with zero attached hydrogens (tertiary/aromatic N) is 3. The van der Waals surface area contributed by atoms with Crippen LogP contribution in [-0.2, 0) is 0 Å². The van der Waals surface area contributed by atoms with E-state index in [1.54, 1.807) is 0 Å². The number of amides is 2. The van der Waals surface area contributed by atoms with Crippen molar-refractivity contribution in [2.45, 2.75) is 26.8 Å². The van der Waals surface area contributed by atoms with Crippen molar-refractivity contribution in [1.29, 1.82) is 0 Å². The smallest absolute Gasteiger partial charge is 0.320 e. The second-order valence-electron chi connectivity index (χ2n) is 4.56. The molecule has 2 amide bonds. The van der Waals surface area contributed by atoms with Crippen LogP contribution in [0, 0.1) is 0 Å². The number of carbonyl (C=O) groups excluding carboxylic acids is 1. The van der Waals surface area contributed by atoms with Gasteiger partial charge in [-0.3, -0.25) is 4.90 Å². The normalized spacial score (nSPS) is 18.5. The Labute approximate surface area is 115 Å². The number of hydrogen-bond acceptors (Lipinski definition) is 3. The summed E-state index contributed by atoms with van der Waals surface area (Å²) >= 11 is 5.01. The molecule has 1 unspecified atom stereocenters. The number of piperazine rings is 1. The summed E-state index contributed by atoms with van der Waals surface area (Å²) in [6, 6.07) is 0.258. The van der Waals surface area contributed by atoms with Gasteiger partial charge < -0.3 is 15.5 Å². The van der Waals surface area contributed by atoms with Gasteiger partial charge in [-0.15, -0.1) is 0 Å². The molecule has 1 aliphatic heterocycles. The van der Waals surface area contributed by atoms with Gasteiger partial charge in [-0.05, 0) is 20.8 Å².